The van der Waals surface area contributed by atoms with Gasteiger partial charge in [0, 0.05) is 28.6 Å². The molecule has 1 aromatic carbocycles. The fourth-order valence-corrected chi connectivity index (χ4v) is 5.22. The molecule has 2 aromatic rings. The smallest absolute Gasteiger partial charge is 0.276 e. The first-order valence-corrected chi connectivity index (χ1v) is 16.9. The SMILES string of the molecule is CC.CCSc1nnc(-c2ccc(NC(=O)C(C)(C)CC(C)(C)C(=O)NCCC(C)(C)COCC(C)(C)CCNC)cc2)o1. The van der Waals surface area contributed by atoms with E-state index >= 15 is 0 Å². The number of amides is 2. The molecule has 0 atom stereocenters. The molecule has 0 aliphatic carbocycles. The molecule has 44 heavy (non-hydrogen) atoms. The molecule has 10 heteroatoms. The lowest BCUT2D eigenvalue weighted by atomic mass is 9.74. The second-order valence-electron chi connectivity index (χ2n) is 14.0. The number of hydrogen-bond donors (Lipinski definition) is 3. The van der Waals surface area contributed by atoms with E-state index in [-0.39, 0.29) is 22.6 Å². The van der Waals surface area contributed by atoms with Crippen LogP contribution in [0.2, 0.25) is 0 Å². The van der Waals surface area contributed by atoms with Gasteiger partial charge in [-0.3, -0.25) is 9.59 Å². The molecule has 9 nitrogen and oxygen atoms in total. The van der Waals surface area contributed by atoms with Crippen molar-refractivity contribution in [2.45, 2.75) is 101 Å². The lowest BCUT2D eigenvalue weighted by molar-refractivity contribution is -0.133. The van der Waals surface area contributed by atoms with Gasteiger partial charge in [-0.2, -0.15) is 0 Å². The highest BCUT2D eigenvalue weighted by Gasteiger charge is 2.39. The van der Waals surface area contributed by atoms with Crippen molar-refractivity contribution in [2.75, 3.05) is 44.4 Å². The van der Waals surface area contributed by atoms with E-state index in [1.807, 2.05) is 79.8 Å². The van der Waals surface area contributed by atoms with Gasteiger partial charge in [-0.05, 0) is 73.7 Å². The van der Waals surface area contributed by atoms with Gasteiger partial charge < -0.3 is 25.1 Å². The number of carbonyl (C=O) groups excluding carboxylic acids is 2. The highest BCUT2D eigenvalue weighted by atomic mass is 32.2. The molecule has 0 saturated carbocycles. The maximum absolute atomic E-state index is 13.2. The molecule has 3 N–H and O–H groups in total. The van der Waals surface area contributed by atoms with E-state index in [1.165, 1.54) is 11.8 Å². The Bertz CT molecular complexity index is 1140. The second-order valence-corrected chi connectivity index (χ2v) is 15.2. The normalized spacial score (nSPS) is 12.4. The van der Waals surface area contributed by atoms with E-state index in [9.17, 15) is 9.59 Å². The molecule has 2 amide bonds. The molecule has 2 rings (SSSR count). The van der Waals surface area contributed by atoms with E-state index in [1.54, 1.807) is 0 Å². The van der Waals surface area contributed by atoms with Gasteiger partial charge in [0.2, 0.25) is 17.7 Å². The summed E-state index contributed by atoms with van der Waals surface area (Å²) >= 11 is 1.49. The van der Waals surface area contributed by atoms with Gasteiger partial charge in [0.15, 0.2) is 0 Å². The Morgan fingerprint density at radius 3 is 1.93 bits per heavy atom. The Labute approximate surface area is 270 Å². The summed E-state index contributed by atoms with van der Waals surface area (Å²) in [4.78, 5) is 26.4. The van der Waals surface area contributed by atoms with E-state index in [0.717, 1.165) is 30.7 Å². The number of rotatable bonds is 18. The fourth-order valence-electron chi connectivity index (χ4n) is 4.74. The summed E-state index contributed by atoms with van der Waals surface area (Å²) < 4.78 is 11.7. The molecule has 250 valence electrons. The summed E-state index contributed by atoms with van der Waals surface area (Å²) in [6.45, 7) is 25.2. The third-order valence-electron chi connectivity index (χ3n) is 7.30. The first kappa shape index (κ1) is 39.6. The van der Waals surface area contributed by atoms with Crippen molar-refractivity contribution < 1.29 is 18.7 Å². The average Bonchev–Trinajstić information content (AvgIpc) is 3.41. The third-order valence-corrected chi connectivity index (χ3v) is 8.00. The third kappa shape index (κ3) is 13.7. The Hall–Kier alpha value is -2.43. The number of anilines is 1. The summed E-state index contributed by atoms with van der Waals surface area (Å²) in [6, 6.07) is 7.30. The molecule has 1 aromatic heterocycles. The number of carbonyl (C=O) groups is 2. The van der Waals surface area contributed by atoms with Crippen LogP contribution in [0.25, 0.3) is 11.5 Å². The van der Waals surface area contributed by atoms with Crippen LogP contribution in [0.3, 0.4) is 0 Å². The van der Waals surface area contributed by atoms with Crippen molar-refractivity contribution in [3.63, 3.8) is 0 Å². The molecule has 0 aliphatic rings. The summed E-state index contributed by atoms with van der Waals surface area (Å²) in [5.41, 5.74) is -0.00118. The molecule has 0 radical (unpaired) electrons. The van der Waals surface area contributed by atoms with Gasteiger partial charge >= 0.3 is 0 Å². The number of nitrogens with zero attached hydrogens (tertiary/aromatic N) is 2. The zero-order valence-corrected chi connectivity index (χ0v) is 30.2. The van der Waals surface area contributed by atoms with Crippen LogP contribution >= 0.6 is 11.8 Å². The topological polar surface area (TPSA) is 118 Å². The number of aromatic nitrogens is 2. The first-order chi connectivity index (χ1) is 20.5. The zero-order chi connectivity index (χ0) is 33.6. The molecule has 0 unspecified atom stereocenters. The van der Waals surface area contributed by atoms with Crippen molar-refractivity contribution in [1.29, 1.82) is 0 Å². The van der Waals surface area contributed by atoms with Crippen LogP contribution in [0.1, 0.15) is 95.4 Å². The predicted octanol–water partition coefficient (Wildman–Crippen LogP) is 7.44. The van der Waals surface area contributed by atoms with Gasteiger partial charge in [0.25, 0.3) is 5.22 Å². The van der Waals surface area contributed by atoms with Gasteiger partial charge in [0.05, 0.1) is 13.2 Å². The molecule has 0 fully saturated rings. The Kier molecular flexibility index (Phi) is 16.1. The van der Waals surface area contributed by atoms with Crippen molar-refractivity contribution in [2.24, 2.45) is 21.7 Å². The summed E-state index contributed by atoms with van der Waals surface area (Å²) in [5, 5.41) is 17.9. The van der Waals surface area contributed by atoms with Gasteiger partial charge in [0.1, 0.15) is 0 Å². The van der Waals surface area contributed by atoms with Crippen LogP contribution in [0.4, 0.5) is 5.69 Å². The minimum Gasteiger partial charge on any atom is -0.411 e. The monoisotopic (exact) mass is 633 g/mol. The van der Waals surface area contributed by atoms with E-state index < -0.39 is 10.8 Å². The highest BCUT2D eigenvalue weighted by molar-refractivity contribution is 7.99. The van der Waals surface area contributed by atoms with Crippen LogP contribution in [0.15, 0.2) is 33.9 Å². The Morgan fingerprint density at radius 2 is 1.39 bits per heavy atom. The minimum atomic E-state index is -0.772. The zero-order valence-electron chi connectivity index (χ0n) is 29.4. The van der Waals surface area contributed by atoms with Crippen LogP contribution in [-0.2, 0) is 14.3 Å². The molecule has 0 bridgehead atoms. The largest absolute Gasteiger partial charge is 0.411 e. The van der Waals surface area contributed by atoms with Crippen molar-refractivity contribution >= 4 is 29.3 Å². The van der Waals surface area contributed by atoms with Crippen molar-refractivity contribution in [1.82, 2.24) is 20.8 Å². The second kappa shape index (κ2) is 17.9. The van der Waals surface area contributed by atoms with Gasteiger partial charge in [-0.1, -0.05) is 87.9 Å². The number of nitrogens with one attached hydrogen (secondary N) is 3. The van der Waals surface area contributed by atoms with Crippen molar-refractivity contribution in [3.8, 4) is 11.5 Å². The van der Waals surface area contributed by atoms with Crippen molar-refractivity contribution in [3.05, 3.63) is 24.3 Å². The number of ether oxygens (including phenoxy) is 1. The van der Waals surface area contributed by atoms with Gasteiger partial charge in [-0.25, -0.2) is 0 Å². The summed E-state index contributed by atoms with van der Waals surface area (Å²) in [7, 11) is 1.97. The Morgan fingerprint density at radius 1 is 0.841 bits per heavy atom. The number of hydrogen-bond acceptors (Lipinski definition) is 8. The van der Waals surface area contributed by atoms with E-state index in [2.05, 4.69) is 53.8 Å². The predicted molar refractivity (Wildman–Crippen MR) is 183 cm³/mol. The molecular formula is C34H59N5O4S. The lowest BCUT2D eigenvalue weighted by Crippen LogP contribution is -2.44. The summed E-state index contributed by atoms with van der Waals surface area (Å²) in [5.74, 6) is 1.09. The average molecular weight is 634 g/mol. The summed E-state index contributed by atoms with van der Waals surface area (Å²) in [6.07, 6.45) is 2.24. The molecule has 0 aliphatic heterocycles. The molecule has 0 saturated heterocycles. The molecule has 0 spiro atoms. The fraction of sp³-hybridized carbons (Fsp3) is 0.706. The van der Waals surface area contributed by atoms with E-state index in [4.69, 9.17) is 9.15 Å². The van der Waals surface area contributed by atoms with Crippen LogP contribution in [-0.4, -0.2) is 61.1 Å². The van der Waals surface area contributed by atoms with Gasteiger partial charge in [-0.15, -0.1) is 10.2 Å². The number of benzene rings is 1. The Balaban J connectivity index is 0.00000474. The maximum atomic E-state index is 13.2. The van der Waals surface area contributed by atoms with E-state index in [0.29, 0.717) is 43.0 Å². The maximum Gasteiger partial charge on any atom is 0.276 e. The van der Waals surface area contributed by atoms with Crippen LogP contribution in [0, 0.1) is 21.7 Å². The highest BCUT2D eigenvalue weighted by Crippen LogP contribution is 2.35. The standard InChI is InChI=1S/C32H53N5O4S.C2H6/c1-11-42-28-37-36-25(41-28)23-12-14-24(15-13-23)35-27(39)32(8,9)20-31(6,7)26(38)34-19-17-30(4,5)22-40-21-29(2,3)16-18-33-10;1-2/h12-15,33H,11,16-22H2,1-10H3,(H,34,38)(H,35,39);1-2H3. The molecule has 1 heterocycles. The lowest BCUT2D eigenvalue weighted by Gasteiger charge is -2.33. The minimum absolute atomic E-state index is 0.0576. The number of thioether (sulfide) groups is 1. The first-order valence-electron chi connectivity index (χ1n) is 15.9. The quantitative estimate of drug-likeness (QED) is 0.145. The molecular weight excluding hydrogens is 574 g/mol. The van der Waals surface area contributed by atoms with Crippen LogP contribution < -0.4 is 16.0 Å². The van der Waals surface area contributed by atoms with Crippen LogP contribution in [0.5, 0.6) is 0 Å².